The smallest absolute Gasteiger partial charge is 0.121 e. The van der Waals surface area contributed by atoms with Crippen molar-refractivity contribution in [3.05, 3.63) is 0 Å². The van der Waals surface area contributed by atoms with Gasteiger partial charge in [-0.2, -0.15) is 5.10 Å². The molecule has 2 aliphatic rings. The minimum atomic E-state index is 0.549. The highest BCUT2D eigenvalue weighted by Crippen LogP contribution is 2.32. The molecule has 0 amide bonds. The van der Waals surface area contributed by atoms with E-state index in [0.717, 1.165) is 12.5 Å². The first-order valence-corrected chi connectivity index (χ1v) is 5.35. The molecule has 2 rings (SSSR count). The normalized spacial score (nSPS) is 29.2. The summed E-state index contributed by atoms with van der Waals surface area (Å²) >= 11 is 0. The second-order valence-corrected chi connectivity index (χ2v) is 4.09. The Morgan fingerprint density at radius 3 is 2.69 bits per heavy atom. The van der Waals surface area contributed by atoms with Gasteiger partial charge in [-0.1, -0.05) is 12.8 Å². The third kappa shape index (κ3) is 1.52. The van der Waals surface area contributed by atoms with Gasteiger partial charge in [0.15, 0.2) is 0 Å². The van der Waals surface area contributed by atoms with Crippen LogP contribution in [0.2, 0.25) is 0 Å². The molecular weight excluding hydrogens is 162 g/mol. The molecule has 1 atom stereocenters. The highest BCUT2D eigenvalue weighted by atomic mass is 15.6. The van der Waals surface area contributed by atoms with Crippen LogP contribution >= 0.6 is 0 Å². The Morgan fingerprint density at radius 1 is 1.38 bits per heavy atom. The average molecular weight is 181 g/mol. The molecule has 1 heterocycles. The molecule has 0 aromatic carbocycles. The zero-order valence-electron chi connectivity index (χ0n) is 8.61. The maximum Gasteiger partial charge on any atom is 0.121 e. The van der Waals surface area contributed by atoms with Crippen LogP contribution in [0.25, 0.3) is 0 Å². The topological polar surface area (TPSA) is 18.8 Å². The average Bonchev–Trinajstić information content (AvgIpc) is 2.72. The van der Waals surface area contributed by atoms with Crippen LogP contribution in [0, 0.1) is 5.92 Å². The van der Waals surface area contributed by atoms with Gasteiger partial charge in [-0.25, -0.2) is 0 Å². The molecule has 0 N–H and O–H groups in total. The third-order valence-electron chi connectivity index (χ3n) is 3.29. The SMILES string of the molecule is CCN1C=NN(C)C1C1CCCC1. The van der Waals surface area contributed by atoms with Crippen LogP contribution in [0.15, 0.2) is 5.10 Å². The van der Waals surface area contributed by atoms with Crippen LogP contribution in [0.1, 0.15) is 32.6 Å². The zero-order chi connectivity index (χ0) is 9.26. The van der Waals surface area contributed by atoms with Crippen molar-refractivity contribution in [2.45, 2.75) is 38.8 Å². The van der Waals surface area contributed by atoms with E-state index in [1.165, 1.54) is 25.7 Å². The Balaban J connectivity index is 2.03. The first-order valence-electron chi connectivity index (χ1n) is 5.35. The van der Waals surface area contributed by atoms with E-state index >= 15 is 0 Å². The lowest BCUT2D eigenvalue weighted by Gasteiger charge is -2.32. The van der Waals surface area contributed by atoms with Crippen LogP contribution in [0.4, 0.5) is 0 Å². The molecule has 1 fully saturated rings. The Kier molecular flexibility index (Phi) is 2.42. The molecule has 0 saturated heterocycles. The fraction of sp³-hybridized carbons (Fsp3) is 0.900. The lowest BCUT2D eigenvalue weighted by molar-refractivity contribution is 0.104. The van der Waals surface area contributed by atoms with Crippen molar-refractivity contribution in [3.8, 4) is 0 Å². The van der Waals surface area contributed by atoms with Crippen LogP contribution in [0.5, 0.6) is 0 Å². The lowest BCUT2D eigenvalue weighted by atomic mass is 10.0. The lowest BCUT2D eigenvalue weighted by Crippen LogP contribution is -2.42. The van der Waals surface area contributed by atoms with Crippen molar-refractivity contribution in [3.63, 3.8) is 0 Å². The highest BCUT2D eigenvalue weighted by molar-refractivity contribution is 5.57. The van der Waals surface area contributed by atoms with Gasteiger partial charge in [-0.05, 0) is 25.7 Å². The summed E-state index contributed by atoms with van der Waals surface area (Å²) in [5.74, 6) is 0.840. The minimum absolute atomic E-state index is 0.549. The van der Waals surface area contributed by atoms with Crippen molar-refractivity contribution in [2.75, 3.05) is 13.6 Å². The molecule has 0 radical (unpaired) electrons. The standard InChI is InChI=1S/C10H19N3/c1-3-13-8-11-12(2)10(13)9-6-4-5-7-9/h8-10H,3-7H2,1-2H3. The summed E-state index contributed by atoms with van der Waals surface area (Å²) in [6.45, 7) is 3.28. The monoisotopic (exact) mass is 181 g/mol. The van der Waals surface area contributed by atoms with Gasteiger partial charge in [-0.15, -0.1) is 0 Å². The maximum absolute atomic E-state index is 4.35. The summed E-state index contributed by atoms with van der Waals surface area (Å²) in [6.07, 6.45) is 8.12. The van der Waals surface area contributed by atoms with Crippen LogP contribution in [-0.4, -0.2) is 36.0 Å². The molecule has 1 aliphatic heterocycles. The number of rotatable bonds is 2. The first kappa shape index (κ1) is 8.85. The summed E-state index contributed by atoms with van der Waals surface area (Å²) in [5.41, 5.74) is 0. The van der Waals surface area contributed by atoms with Crippen molar-refractivity contribution >= 4 is 6.34 Å². The van der Waals surface area contributed by atoms with Gasteiger partial charge in [0.1, 0.15) is 12.5 Å². The summed E-state index contributed by atoms with van der Waals surface area (Å²) in [5, 5.41) is 6.47. The van der Waals surface area contributed by atoms with Gasteiger partial charge in [0, 0.05) is 13.6 Å². The number of nitrogens with zero attached hydrogens (tertiary/aromatic N) is 3. The van der Waals surface area contributed by atoms with Crippen LogP contribution < -0.4 is 0 Å². The third-order valence-corrected chi connectivity index (χ3v) is 3.29. The van der Waals surface area contributed by atoms with Gasteiger partial charge in [0.2, 0.25) is 0 Å². The quantitative estimate of drug-likeness (QED) is 0.646. The van der Waals surface area contributed by atoms with Gasteiger partial charge in [-0.3, -0.25) is 5.01 Å². The van der Waals surface area contributed by atoms with E-state index in [1.807, 2.05) is 6.34 Å². The zero-order valence-corrected chi connectivity index (χ0v) is 8.61. The largest absolute Gasteiger partial charge is 0.339 e. The summed E-state index contributed by atoms with van der Waals surface area (Å²) in [7, 11) is 2.09. The van der Waals surface area contributed by atoms with E-state index in [0.29, 0.717) is 6.17 Å². The van der Waals surface area contributed by atoms with Crippen molar-refractivity contribution in [1.82, 2.24) is 9.91 Å². The van der Waals surface area contributed by atoms with E-state index < -0.39 is 0 Å². The van der Waals surface area contributed by atoms with E-state index in [4.69, 9.17) is 0 Å². The van der Waals surface area contributed by atoms with Gasteiger partial charge in [0.25, 0.3) is 0 Å². The Bertz CT molecular complexity index is 196. The van der Waals surface area contributed by atoms with E-state index in [-0.39, 0.29) is 0 Å². The molecule has 3 nitrogen and oxygen atoms in total. The summed E-state index contributed by atoms with van der Waals surface area (Å²) in [6, 6.07) is 0. The number of hydrazone groups is 1. The second kappa shape index (κ2) is 3.56. The van der Waals surface area contributed by atoms with E-state index in [9.17, 15) is 0 Å². The molecule has 13 heavy (non-hydrogen) atoms. The van der Waals surface area contributed by atoms with Crippen molar-refractivity contribution in [1.29, 1.82) is 0 Å². The van der Waals surface area contributed by atoms with Gasteiger partial charge < -0.3 is 4.90 Å². The molecule has 3 heteroatoms. The van der Waals surface area contributed by atoms with Gasteiger partial charge >= 0.3 is 0 Å². The molecule has 0 spiro atoms. The Labute approximate surface area is 80.4 Å². The van der Waals surface area contributed by atoms with E-state index in [1.54, 1.807) is 0 Å². The fourth-order valence-electron chi connectivity index (χ4n) is 2.60. The predicted octanol–water partition coefficient (Wildman–Crippen LogP) is 1.71. The Morgan fingerprint density at radius 2 is 2.08 bits per heavy atom. The van der Waals surface area contributed by atoms with Crippen LogP contribution in [-0.2, 0) is 0 Å². The molecule has 74 valence electrons. The van der Waals surface area contributed by atoms with Crippen molar-refractivity contribution < 1.29 is 0 Å². The Hall–Kier alpha value is -0.730. The molecule has 1 saturated carbocycles. The van der Waals surface area contributed by atoms with Gasteiger partial charge in [0.05, 0.1) is 0 Å². The highest BCUT2D eigenvalue weighted by Gasteiger charge is 2.33. The summed E-state index contributed by atoms with van der Waals surface area (Å²) < 4.78 is 0. The molecular formula is C10H19N3. The van der Waals surface area contributed by atoms with Crippen molar-refractivity contribution in [2.24, 2.45) is 11.0 Å². The van der Waals surface area contributed by atoms with E-state index in [2.05, 4.69) is 29.0 Å². The second-order valence-electron chi connectivity index (χ2n) is 4.09. The van der Waals surface area contributed by atoms with Crippen LogP contribution in [0.3, 0.4) is 0 Å². The number of hydrogen-bond donors (Lipinski definition) is 0. The molecule has 1 unspecified atom stereocenters. The molecule has 1 aliphatic carbocycles. The number of hydrogen-bond acceptors (Lipinski definition) is 3. The minimum Gasteiger partial charge on any atom is -0.339 e. The molecule has 0 aromatic rings. The first-order chi connectivity index (χ1) is 6.33. The molecule has 0 aromatic heterocycles. The molecule has 0 bridgehead atoms. The predicted molar refractivity (Wildman–Crippen MR) is 54.4 cm³/mol. The fourth-order valence-corrected chi connectivity index (χ4v) is 2.60. The maximum atomic E-state index is 4.35. The summed E-state index contributed by atoms with van der Waals surface area (Å²) in [4.78, 5) is 2.36.